The van der Waals surface area contributed by atoms with Crippen LogP contribution in [0.5, 0.6) is 0 Å². The zero-order valence-corrected chi connectivity index (χ0v) is 11.1. The standard InChI is InChI=1S/C14H15NO4/c1-4-18-14(17)12-8(2)11(9(3)15-12)13(16)10-6-5-7-19-10/h5-7,15H,4H2,1-3H3. The molecule has 2 aromatic heterocycles. The van der Waals surface area contributed by atoms with E-state index in [-0.39, 0.29) is 18.2 Å². The number of hydrogen-bond donors (Lipinski definition) is 1. The normalized spacial score (nSPS) is 10.5. The Morgan fingerprint density at radius 1 is 1.37 bits per heavy atom. The number of H-pyrrole nitrogens is 1. The van der Waals surface area contributed by atoms with Crippen LogP contribution in [0.25, 0.3) is 0 Å². The van der Waals surface area contributed by atoms with Gasteiger partial charge in [-0.05, 0) is 38.5 Å². The van der Waals surface area contributed by atoms with Gasteiger partial charge in [-0.25, -0.2) is 4.79 Å². The number of carbonyl (C=O) groups excluding carboxylic acids is 2. The van der Waals surface area contributed by atoms with Gasteiger partial charge >= 0.3 is 5.97 Å². The average Bonchev–Trinajstić information content (AvgIpc) is 2.97. The third-order valence-electron chi connectivity index (χ3n) is 2.89. The Balaban J connectivity index is 2.42. The highest BCUT2D eigenvalue weighted by atomic mass is 16.5. The predicted octanol–water partition coefficient (Wildman–Crippen LogP) is 2.63. The molecule has 5 heteroatoms. The first kappa shape index (κ1) is 13.1. The van der Waals surface area contributed by atoms with Crippen molar-refractivity contribution in [1.82, 2.24) is 4.98 Å². The number of carbonyl (C=O) groups is 2. The Hall–Kier alpha value is -2.30. The molecule has 1 N–H and O–H groups in total. The van der Waals surface area contributed by atoms with Crippen molar-refractivity contribution < 1.29 is 18.7 Å². The molecule has 0 radical (unpaired) electrons. The van der Waals surface area contributed by atoms with E-state index < -0.39 is 5.97 Å². The van der Waals surface area contributed by atoms with Crippen molar-refractivity contribution in [2.45, 2.75) is 20.8 Å². The van der Waals surface area contributed by atoms with Gasteiger partial charge in [0, 0.05) is 5.69 Å². The summed E-state index contributed by atoms with van der Waals surface area (Å²) in [6.45, 7) is 5.48. The van der Waals surface area contributed by atoms with Crippen LogP contribution in [0.1, 0.15) is 44.8 Å². The lowest BCUT2D eigenvalue weighted by Gasteiger charge is -2.01. The van der Waals surface area contributed by atoms with E-state index in [0.717, 1.165) is 0 Å². The first-order valence-corrected chi connectivity index (χ1v) is 6.00. The fourth-order valence-electron chi connectivity index (χ4n) is 2.03. The van der Waals surface area contributed by atoms with Gasteiger partial charge in [0.15, 0.2) is 5.76 Å². The summed E-state index contributed by atoms with van der Waals surface area (Å²) in [5, 5.41) is 0. The van der Waals surface area contributed by atoms with Crippen molar-refractivity contribution in [3.8, 4) is 0 Å². The molecule has 0 fully saturated rings. The molecule has 0 unspecified atom stereocenters. The lowest BCUT2D eigenvalue weighted by Crippen LogP contribution is -2.07. The number of aryl methyl sites for hydroxylation is 1. The third-order valence-corrected chi connectivity index (χ3v) is 2.89. The summed E-state index contributed by atoms with van der Waals surface area (Å²) in [7, 11) is 0. The second kappa shape index (κ2) is 5.14. The van der Waals surface area contributed by atoms with Crippen LogP contribution in [0.3, 0.4) is 0 Å². The minimum atomic E-state index is -0.457. The molecule has 0 bridgehead atoms. The Labute approximate surface area is 110 Å². The quantitative estimate of drug-likeness (QED) is 0.678. The molecule has 2 aromatic rings. The molecule has 2 heterocycles. The number of aromatic nitrogens is 1. The summed E-state index contributed by atoms with van der Waals surface area (Å²) in [5.41, 5.74) is 1.98. The molecule has 0 spiro atoms. The van der Waals surface area contributed by atoms with E-state index in [4.69, 9.17) is 9.15 Å². The Kier molecular flexibility index (Phi) is 3.55. The topological polar surface area (TPSA) is 72.3 Å². The van der Waals surface area contributed by atoms with Crippen molar-refractivity contribution in [3.63, 3.8) is 0 Å². The smallest absolute Gasteiger partial charge is 0.355 e. The Morgan fingerprint density at radius 2 is 2.11 bits per heavy atom. The van der Waals surface area contributed by atoms with Gasteiger partial charge in [0.05, 0.1) is 18.4 Å². The average molecular weight is 261 g/mol. The monoisotopic (exact) mass is 261 g/mol. The van der Waals surface area contributed by atoms with Crippen LogP contribution >= 0.6 is 0 Å². The second-order valence-electron chi connectivity index (χ2n) is 4.15. The molecule has 19 heavy (non-hydrogen) atoms. The van der Waals surface area contributed by atoms with Crippen LogP contribution in [0.2, 0.25) is 0 Å². The molecule has 0 atom stereocenters. The number of ketones is 1. The van der Waals surface area contributed by atoms with Crippen molar-refractivity contribution in [3.05, 3.63) is 46.7 Å². The van der Waals surface area contributed by atoms with E-state index in [2.05, 4.69) is 4.98 Å². The van der Waals surface area contributed by atoms with Crippen LogP contribution < -0.4 is 0 Å². The van der Waals surface area contributed by atoms with E-state index in [1.54, 1.807) is 32.9 Å². The minimum Gasteiger partial charge on any atom is -0.461 e. The highest BCUT2D eigenvalue weighted by Gasteiger charge is 2.24. The number of furan rings is 1. The first-order valence-electron chi connectivity index (χ1n) is 6.00. The van der Waals surface area contributed by atoms with Gasteiger partial charge in [-0.3, -0.25) is 4.79 Å². The van der Waals surface area contributed by atoms with Gasteiger partial charge in [0.25, 0.3) is 0 Å². The second-order valence-corrected chi connectivity index (χ2v) is 4.15. The van der Waals surface area contributed by atoms with Gasteiger partial charge in [0.2, 0.25) is 5.78 Å². The lowest BCUT2D eigenvalue weighted by molar-refractivity contribution is 0.0519. The summed E-state index contributed by atoms with van der Waals surface area (Å²) in [5.74, 6) is -0.450. The molecule has 0 aliphatic rings. The van der Waals surface area contributed by atoms with Crippen molar-refractivity contribution in [1.29, 1.82) is 0 Å². The molecule has 0 saturated carbocycles. The number of ether oxygens (including phenoxy) is 1. The SMILES string of the molecule is CCOC(=O)c1[nH]c(C)c(C(=O)c2ccco2)c1C. The van der Waals surface area contributed by atoms with Crippen LogP contribution in [0.4, 0.5) is 0 Å². The van der Waals surface area contributed by atoms with E-state index in [1.807, 2.05) is 0 Å². The largest absolute Gasteiger partial charge is 0.461 e. The molecule has 100 valence electrons. The molecule has 0 aliphatic carbocycles. The summed E-state index contributed by atoms with van der Waals surface area (Å²) in [6.07, 6.45) is 1.44. The molecule has 0 aromatic carbocycles. The summed E-state index contributed by atoms with van der Waals surface area (Å²) in [4.78, 5) is 26.9. The van der Waals surface area contributed by atoms with E-state index in [1.165, 1.54) is 6.26 Å². The highest BCUT2D eigenvalue weighted by molar-refractivity contribution is 6.10. The molecule has 5 nitrogen and oxygen atoms in total. The number of hydrogen-bond acceptors (Lipinski definition) is 4. The van der Waals surface area contributed by atoms with Crippen molar-refractivity contribution >= 4 is 11.8 Å². The highest BCUT2D eigenvalue weighted by Crippen LogP contribution is 2.22. The van der Waals surface area contributed by atoms with Crippen LogP contribution in [0, 0.1) is 13.8 Å². The molecule has 0 aliphatic heterocycles. The van der Waals surface area contributed by atoms with E-state index >= 15 is 0 Å². The molecule has 2 rings (SSSR count). The van der Waals surface area contributed by atoms with Crippen LogP contribution in [-0.4, -0.2) is 23.3 Å². The summed E-state index contributed by atoms with van der Waals surface area (Å²) in [6, 6.07) is 3.25. The minimum absolute atomic E-state index is 0.244. The third kappa shape index (κ3) is 2.31. The van der Waals surface area contributed by atoms with Crippen molar-refractivity contribution in [2.75, 3.05) is 6.61 Å². The maximum absolute atomic E-state index is 12.3. The number of aromatic amines is 1. The fraction of sp³-hybridized carbons (Fsp3) is 0.286. The molecular formula is C14H15NO4. The molecule has 0 amide bonds. The zero-order chi connectivity index (χ0) is 14.0. The predicted molar refractivity (Wildman–Crippen MR) is 68.4 cm³/mol. The van der Waals surface area contributed by atoms with Gasteiger partial charge in [-0.15, -0.1) is 0 Å². The zero-order valence-electron chi connectivity index (χ0n) is 11.1. The van der Waals surface area contributed by atoms with Crippen LogP contribution in [-0.2, 0) is 4.74 Å². The fourth-order valence-corrected chi connectivity index (χ4v) is 2.03. The Morgan fingerprint density at radius 3 is 2.68 bits per heavy atom. The maximum Gasteiger partial charge on any atom is 0.355 e. The van der Waals surface area contributed by atoms with Gasteiger partial charge < -0.3 is 14.1 Å². The lowest BCUT2D eigenvalue weighted by atomic mass is 10.0. The maximum atomic E-state index is 12.3. The van der Waals surface area contributed by atoms with Crippen LogP contribution in [0.15, 0.2) is 22.8 Å². The van der Waals surface area contributed by atoms with Gasteiger partial charge in [-0.1, -0.05) is 0 Å². The molecular weight excluding hydrogens is 246 g/mol. The van der Waals surface area contributed by atoms with Gasteiger partial charge in [0.1, 0.15) is 5.69 Å². The summed E-state index contributed by atoms with van der Waals surface area (Å²) >= 11 is 0. The number of nitrogens with one attached hydrogen (secondary N) is 1. The van der Waals surface area contributed by atoms with Gasteiger partial charge in [-0.2, -0.15) is 0 Å². The number of esters is 1. The van der Waals surface area contributed by atoms with E-state index in [0.29, 0.717) is 22.5 Å². The number of rotatable bonds is 4. The van der Waals surface area contributed by atoms with Crippen molar-refractivity contribution in [2.24, 2.45) is 0 Å². The van der Waals surface area contributed by atoms with E-state index in [9.17, 15) is 9.59 Å². The molecule has 0 saturated heterocycles. The Bertz CT molecular complexity index is 608. The first-order chi connectivity index (χ1) is 9.06. The summed E-state index contributed by atoms with van der Waals surface area (Å²) < 4.78 is 10.0.